The van der Waals surface area contributed by atoms with Crippen molar-refractivity contribution in [2.24, 2.45) is 0 Å². The summed E-state index contributed by atoms with van der Waals surface area (Å²) in [6.07, 6.45) is 22.9. The highest BCUT2D eigenvalue weighted by atomic mass is 16.5. The Hall–Kier alpha value is -11.2. The lowest BCUT2D eigenvalue weighted by molar-refractivity contribution is -0.121. The van der Waals surface area contributed by atoms with Gasteiger partial charge in [-0.05, 0) is 160 Å². The van der Waals surface area contributed by atoms with E-state index in [1.54, 1.807) is 0 Å². The molecule has 0 unspecified atom stereocenters. The number of carbonyl (C=O) groups is 5. The molecule has 0 aliphatic rings. The fraction of sp³-hybridized carbons (Fsp3) is 0.359. The molecule has 0 aromatic carbocycles. The third kappa shape index (κ3) is 49.8. The number of ether oxygens (including phenoxy) is 2. The summed E-state index contributed by atoms with van der Waals surface area (Å²) in [6, 6.07) is -0.975. The molecule has 14 heteroatoms. The Kier molecular flexibility index (Phi) is 45.9. The Morgan fingerprint density at radius 3 is 0.936 bits per heavy atom. The van der Waals surface area contributed by atoms with Crippen LogP contribution in [0.25, 0.3) is 0 Å². The SMILES string of the molecule is C#CC#CC#CC#CC#CC#CC#CC#CC#COC(=O)NCCCCCCNC(=O)N(CCCCCCNC(=O)CCCN(C)C)C(=O)NCCCCCCNC(=O)OC#CC#CC#CC#CC#CC#CC#CC#CC#C. The molecule has 0 radical (unpaired) electrons. The molecule has 388 valence electrons. The third-order valence-corrected chi connectivity index (χ3v) is 8.71. The quantitative estimate of drug-likeness (QED) is 0.0684. The molecule has 0 bridgehead atoms. The topological polar surface area (TPSA) is 170 Å². The lowest BCUT2D eigenvalue weighted by Crippen LogP contribution is -2.49. The van der Waals surface area contributed by atoms with E-state index in [1.807, 2.05) is 19.0 Å². The van der Waals surface area contributed by atoms with Gasteiger partial charge in [-0.1, -0.05) is 38.5 Å². The number of carbonyl (C=O) groups excluding carboxylic acids is 5. The van der Waals surface area contributed by atoms with Crippen LogP contribution in [0.5, 0.6) is 0 Å². The maximum Gasteiger partial charge on any atom is 0.421 e. The van der Waals surface area contributed by atoms with Gasteiger partial charge in [-0.15, -0.1) is 12.8 Å². The molecule has 0 aliphatic carbocycles. The van der Waals surface area contributed by atoms with Gasteiger partial charge in [0, 0.05) is 140 Å². The summed E-state index contributed by atoms with van der Waals surface area (Å²) in [6.45, 7) is 3.09. The Bertz CT molecular complexity index is 3020. The van der Waals surface area contributed by atoms with Crippen LogP contribution < -0.4 is 26.6 Å². The third-order valence-electron chi connectivity index (χ3n) is 8.71. The molecule has 0 saturated heterocycles. The standard InChI is InChI=1S/C64H55N7O7/c1-5-7-9-11-13-15-17-19-21-23-25-27-29-31-39-47-58-77-63(75)68-54-44-35-33-42-52-66-61(73)71(57-46-38-37-41-51-65-60(72)50-49-56-70(3)4)62(74)67-53-43-34-36-45-55-69-64(76)78-59-48-40-32-30-28-26-24-22-20-18-16-14-12-10-8-6-2/h1-2H,33-38,41-46,49-57H2,3-4H3,(H,65,72)(H,66,73)(H,67,74)(H,68,75)(H,69,76). The van der Waals surface area contributed by atoms with Gasteiger partial charge in [0.25, 0.3) is 0 Å². The smallest absolute Gasteiger partial charge is 0.356 e. The van der Waals surface area contributed by atoms with Crippen LogP contribution in [0, 0.1) is 215 Å². The van der Waals surface area contributed by atoms with E-state index in [0.717, 1.165) is 57.9 Å². The molecule has 0 aromatic heterocycles. The fourth-order valence-corrected chi connectivity index (χ4v) is 5.24. The molecular weight excluding hydrogens is 979 g/mol. The average Bonchev–Trinajstić information content (AvgIpc) is 3.42. The van der Waals surface area contributed by atoms with E-state index < -0.39 is 24.2 Å². The zero-order valence-corrected chi connectivity index (χ0v) is 43.8. The highest BCUT2D eigenvalue weighted by Crippen LogP contribution is 2.05. The van der Waals surface area contributed by atoms with Crippen LogP contribution in [-0.2, 0) is 14.3 Å². The van der Waals surface area contributed by atoms with E-state index in [0.29, 0.717) is 71.2 Å². The van der Waals surface area contributed by atoms with E-state index in [1.165, 1.54) is 4.90 Å². The van der Waals surface area contributed by atoms with E-state index in [4.69, 9.17) is 22.3 Å². The van der Waals surface area contributed by atoms with Gasteiger partial charge in [-0.25, -0.2) is 24.1 Å². The number of urea groups is 2. The number of unbranched alkanes of at least 4 members (excludes halogenated alkanes) is 9. The fourth-order valence-electron chi connectivity index (χ4n) is 5.24. The van der Waals surface area contributed by atoms with E-state index in [-0.39, 0.29) is 12.5 Å². The molecule has 0 atom stereocenters. The van der Waals surface area contributed by atoms with Crippen molar-refractivity contribution in [2.75, 3.05) is 59.9 Å². The number of nitrogens with one attached hydrogen (secondary N) is 5. The van der Waals surface area contributed by atoms with Crippen LogP contribution in [0.1, 0.15) is 89.9 Å². The minimum absolute atomic E-state index is 0.0328. The zero-order valence-electron chi connectivity index (χ0n) is 43.8. The van der Waals surface area contributed by atoms with Crippen molar-refractivity contribution in [1.82, 2.24) is 36.4 Å². The monoisotopic (exact) mass is 1030 g/mol. The summed E-state index contributed by atoms with van der Waals surface area (Å²) in [5, 5.41) is 13.8. The highest BCUT2D eigenvalue weighted by molar-refractivity contribution is 5.93. The minimum Gasteiger partial charge on any atom is -0.356 e. The molecule has 0 aromatic rings. The molecule has 7 amide bonds. The predicted molar refractivity (Wildman–Crippen MR) is 301 cm³/mol. The van der Waals surface area contributed by atoms with Gasteiger partial charge in [0.05, 0.1) is 0 Å². The summed E-state index contributed by atoms with van der Waals surface area (Å²) in [5.41, 5.74) is 0. The van der Waals surface area contributed by atoms with Gasteiger partial charge in [-0.2, -0.15) is 0 Å². The number of amides is 7. The second-order valence-electron chi connectivity index (χ2n) is 15.0. The molecule has 0 aliphatic heterocycles. The first-order valence-corrected chi connectivity index (χ1v) is 24.3. The van der Waals surface area contributed by atoms with Crippen molar-refractivity contribution >= 4 is 30.2 Å². The summed E-state index contributed by atoms with van der Waals surface area (Å²) < 4.78 is 9.53. The molecule has 0 fully saturated rings. The molecular formula is C64H55N7O7. The van der Waals surface area contributed by atoms with Gasteiger partial charge in [-0.3, -0.25) is 4.79 Å². The van der Waals surface area contributed by atoms with Crippen molar-refractivity contribution in [3.63, 3.8) is 0 Å². The summed E-state index contributed by atoms with van der Waals surface area (Å²) >= 11 is 0. The lowest BCUT2D eigenvalue weighted by atomic mass is 10.2. The molecule has 0 saturated carbocycles. The molecule has 0 spiro atoms. The normalized spacial score (nSPS) is 7.65. The average molecular weight is 1030 g/mol. The first-order chi connectivity index (χ1) is 38.2. The molecule has 78 heavy (non-hydrogen) atoms. The van der Waals surface area contributed by atoms with E-state index >= 15 is 0 Å². The van der Waals surface area contributed by atoms with Crippen LogP contribution in [0.3, 0.4) is 0 Å². The van der Waals surface area contributed by atoms with Crippen molar-refractivity contribution < 1.29 is 33.4 Å². The van der Waals surface area contributed by atoms with Gasteiger partial charge in [0.2, 0.25) is 5.91 Å². The Morgan fingerprint density at radius 2 is 0.615 bits per heavy atom. The van der Waals surface area contributed by atoms with Crippen LogP contribution in [0.2, 0.25) is 0 Å². The first kappa shape index (κ1) is 66.8. The Morgan fingerprint density at radius 1 is 0.333 bits per heavy atom. The zero-order chi connectivity index (χ0) is 56.9. The molecule has 14 nitrogen and oxygen atoms in total. The number of nitrogens with zero attached hydrogens (tertiary/aromatic N) is 2. The summed E-state index contributed by atoms with van der Waals surface area (Å²) in [4.78, 5) is 65.5. The number of rotatable bonds is 25. The van der Waals surface area contributed by atoms with Gasteiger partial charge >= 0.3 is 24.2 Å². The maximum atomic E-state index is 13.2. The van der Waals surface area contributed by atoms with Crippen molar-refractivity contribution in [1.29, 1.82) is 0 Å². The molecule has 0 rings (SSSR count). The number of hydrogen-bond donors (Lipinski definition) is 5. The summed E-state index contributed by atoms with van der Waals surface area (Å²) in [5.74, 6) is 77.5. The van der Waals surface area contributed by atoms with Crippen molar-refractivity contribution in [2.45, 2.75) is 89.9 Å². The van der Waals surface area contributed by atoms with Crippen LogP contribution in [0.15, 0.2) is 0 Å². The maximum absolute atomic E-state index is 13.2. The molecule has 0 heterocycles. The first-order valence-electron chi connectivity index (χ1n) is 24.3. The van der Waals surface area contributed by atoms with Gasteiger partial charge in [0.15, 0.2) is 0 Å². The predicted octanol–water partition coefficient (Wildman–Crippen LogP) is 3.54. The number of imide groups is 1. The van der Waals surface area contributed by atoms with Gasteiger partial charge < -0.3 is 41.0 Å². The van der Waals surface area contributed by atoms with E-state index in [2.05, 4.69) is 228 Å². The van der Waals surface area contributed by atoms with Crippen molar-refractivity contribution in [3.05, 3.63) is 0 Å². The second-order valence-corrected chi connectivity index (χ2v) is 15.0. The number of alkyl carbamates (subject to hydrolysis) is 2. The largest absolute Gasteiger partial charge is 0.421 e. The van der Waals surface area contributed by atoms with Crippen molar-refractivity contribution in [3.8, 4) is 215 Å². The highest BCUT2D eigenvalue weighted by Gasteiger charge is 2.20. The van der Waals surface area contributed by atoms with Crippen LogP contribution in [-0.4, -0.2) is 99.9 Å². The van der Waals surface area contributed by atoms with E-state index in [9.17, 15) is 24.0 Å². The number of hydrogen-bond acceptors (Lipinski definition) is 8. The van der Waals surface area contributed by atoms with Gasteiger partial charge in [0.1, 0.15) is 12.2 Å². The van der Waals surface area contributed by atoms with Crippen LogP contribution in [0.4, 0.5) is 19.2 Å². The lowest BCUT2D eigenvalue weighted by Gasteiger charge is -2.22. The second kappa shape index (κ2) is 53.6. The van der Waals surface area contributed by atoms with Crippen LogP contribution >= 0.6 is 0 Å². The Balaban J connectivity index is 4.72. The minimum atomic E-state index is -0.715. The number of terminal acetylenes is 2. The Labute approximate surface area is 462 Å². The summed E-state index contributed by atoms with van der Waals surface area (Å²) in [7, 11) is 3.94. The molecule has 5 N–H and O–H groups in total.